The normalized spacial score (nSPS) is 15.8. The fourth-order valence-electron chi connectivity index (χ4n) is 4.55. The van der Waals surface area contributed by atoms with Gasteiger partial charge in [0.15, 0.2) is 11.5 Å². The second-order valence-corrected chi connectivity index (χ2v) is 9.04. The molecule has 0 fully saturated rings. The van der Waals surface area contributed by atoms with Gasteiger partial charge in [-0.05, 0) is 68.0 Å². The Hall–Kier alpha value is -3.75. The molecule has 0 bridgehead atoms. The SMILES string of the molecule is Cc1ccccc1[C@H]1c2[nH]c3ccccc3c2CCN1C(=O)c1ccc(C#CC(C)(C)O)o1. The summed E-state index contributed by atoms with van der Waals surface area (Å²) in [6.07, 6.45) is 0.763. The largest absolute Gasteiger partial charge is 0.443 e. The molecule has 4 aromatic rings. The number of carbonyl (C=O) groups is 1. The van der Waals surface area contributed by atoms with Crippen LogP contribution < -0.4 is 0 Å². The van der Waals surface area contributed by atoms with Crippen molar-refractivity contribution in [3.63, 3.8) is 0 Å². The van der Waals surface area contributed by atoms with E-state index in [-0.39, 0.29) is 17.7 Å². The lowest BCUT2D eigenvalue weighted by molar-refractivity contribution is 0.0658. The van der Waals surface area contributed by atoms with Gasteiger partial charge in [-0.2, -0.15) is 0 Å². The fourth-order valence-corrected chi connectivity index (χ4v) is 4.55. The molecule has 166 valence electrons. The number of aryl methyl sites for hydroxylation is 1. The van der Waals surface area contributed by atoms with Crippen molar-refractivity contribution in [1.82, 2.24) is 9.88 Å². The molecule has 3 heterocycles. The molecule has 2 aromatic heterocycles. The average Bonchev–Trinajstić information content (AvgIpc) is 3.41. The van der Waals surface area contributed by atoms with Gasteiger partial charge in [0.25, 0.3) is 5.91 Å². The van der Waals surface area contributed by atoms with Crippen molar-refractivity contribution in [1.29, 1.82) is 0 Å². The molecule has 0 radical (unpaired) electrons. The van der Waals surface area contributed by atoms with Crippen molar-refractivity contribution >= 4 is 16.8 Å². The van der Waals surface area contributed by atoms with Crippen LogP contribution in [0.25, 0.3) is 10.9 Å². The number of aliphatic hydroxyl groups is 1. The molecule has 0 spiro atoms. The summed E-state index contributed by atoms with van der Waals surface area (Å²) in [4.78, 5) is 19.1. The van der Waals surface area contributed by atoms with Gasteiger partial charge in [0, 0.05) is 23.1 Å². The third-order valence-corrected chi connectivity index (χ3v) is 6.09. The van der Waals surface area contributed by atoms with E-state index in [2.05, 4.69) is 54.1 Å². The van der Waals surface area contributed by atoms with Gasteiger partial charge in [-0.3, -0.25) is 4.79 Å². The molecule has 5 heteroatoms. The second-order valence-electron chi connectivity index (χ2n) is 9.04. The van der Waals surface area contributed by atoms with E-state index in [9.17, 15) is 9.90 Å². The number of H-pyrrole nitrogens is 1. The lowest BCUT2D eigenvalue weighted by Crippen LogP contribution is -2.40. The number of fused-ring (bicyclic) bond motifs is 3. The average molecular weight is 439 g/mol. The Morgan fingerprint density at radius 1 is 1.12 bits per heavy atom. The molecule has 2 N–H and O–H groups in total. The lowest BCUT2D eigenvalue weighted by Gasteiger charge is -2.36. The zero-order valence-electron chi connectivity index (χ0n) is 19.0. The number of hydrogen-bond acceptors (Lipinski definition) is 3. The number of carbonyl (C=O) groups excluding carboxylic acids is 1. The Morgan fingerprint density at radius 2 is 1.88 bits per heavy atom. The zero-order chi connectivity index (χ0) is 23.2. The molecule has 5 nitrogen and oxygen atoms in total. The highest BCUT2D eigenvalue weighted by Crippen LogP contribution is 2.40. The van der Waals surface area contributed by atoms with Crippen molar-refractivity contribution in [3.05, 3.63) is 94.6 Å². The number of nitrogens with zero attached hydrogens (tertiary/aromatic N) is 1. The molecule has 1 amide bonds. The van der Waals surface area contributed by atoms with Crippen LogP contribution in [0.15, 0.2) is 65.1 Å². The van der Waals surface area contributed by atoms with Crippen molar-refractivity contribution in [2.45, 2.75) is 38.8 Å². The number of furan rings is 1. The summed E-state index contributed by atoms with van der Waals surface area (Å²) >= 11 is 0. The summed E-state index contributed by atoms with van der Waals surface area (Å²) in [6, 6.07) is 19.6. The van der Waals surface area contributed by atoms with Gasteiger partial charge >= 0.3 is 0 Å². The van der Waals surface area contributed by atoms with Crippen LogP contribution >= 0.6 is 0 Å². The van der Waals surface area contributed by atoms with Crippen LogP contribution in [0.2, 0.25) is 0 Å². The highest BCUT2D eigenvalue weighted by molar-refractivity contribution is 5.93. The Morgan fingerprint density at radius 3 is 2.67 bits per heavy atom. The molecule has 0 saturated heterocycles. The number of hydrogen-bond donors (Lipinski definition) is 2. The first-order valence-electron chi connectivity index (χ1n) is 11.1. The summed E-state index contributed by atoms with van der Waals surface area (Å²) in [5.41, 5.74) is 4.48. The van der Waals surface area contributed by atoms with Crippen molar-refractivity contribution in [2.75, 3.05) is 6.54 Å². The minimum atomic E-state index is -1.13. The number of aromatic amines is 1. The minimum absolute atomic E-state index is 0.177. The van der Waals surface area contributed by atoms with Crippen LogP contribution in [0, 0.1) is 18.8 Å². The second kappa shape index (κ2) is 7.99. The smallest absolute Gasteiger partial charge is 0.290 e. The van der Waals surface area contributed by atoms with E-state index in [4.69, 9.17) is 4.42 Å². The van der Waals surface area contributed by atoms with Crippen molar-refractivity contribution in [2.24, 2.45) is 0 Å². The quantitative estimate of drug-likeness (QED) is 0.434. The summed E-state index contributed by atoms with van der Waals surface area (Å²) in [5.74, 6) is 5.95. The predicted octanol–water partition coefficient (Wildman–Crippen LogP) is 4.98. The van der Waals surface area contributed by atoms with Crippen LogP contribution in [0.5, 0.6) is 0 Å². The maximum Gasteiger partial charge on any atom is 0.290 e. The molecule has 1 atom stereocenters. The number of benzene rings is 2. The molecule has 1 aliphatic rings. The number of para-hydroxylation sites is 1. The van der Waals surface area contributed by atoms with Gasteiger partial charge in [-0.1, -0.05) is 48.4 Å². The zero-order valence-corrected chi connectivity index (χ0v) is 19.0. The monoisotopic (exact) mass is 438 g/mol. The number of amides is 1. The van der Waals surface area contributed by atoms with E-state index in [1.165, 1.54) is 10.9 Å². The fraction of sp³-hybridized carbons (Fsp3) is 0.250. The summed E-state index contributed by atoms with van der Waals surface area (Å²) in [7, 11) is 0. The van der Waals surface area contributed by atoms with Crippen molar-refractivity contribution in [3.8, 4) is 11.8 Å². The van der Waals surface area contributed by atoms with Crippen LogP contribution in [0.1, 0.15) is 58.6 Å². The molecular weight excluding hydrogens is 412 g/mol. The standard InChI is InChI=1S/C28H26N2O3/c1-18-8-4-5-9-20(18)26-25-22(21-10-6-7-11-23(21)29-25)15-17-30(26)27(31)24-13-12-19(33-24)14-16-28(2,3)32/h4-13,26,29,32H,15,17H2,1-3H3/t26-/m0/s1. The molecule has 0 aliphatic carbocycles. The third-order valence-electron chi connectivity index (χ3n) is 6.09. The molecule has 0 saturated carbocycles. The first-order chi connectivity index (χ1) is 15.8. The Balaban J connectivity index is 1.58. The summed E-state index contributed by atoms with van der Waals surface area (Å²) in [5, 5.41) is 11.1. The van der Waals surface area contributed by atoms with Gasteiger partial charge < -0.3 is 19.4 Å². The topological polar surface area (TPSA) is 69.5 Å². The van der Waals surface area contributed by atoms with Crippen LogP contribution in [-0.4, -0.2) is 33.0 Å². The van der Waals surface area contributed by atoms with Crippen LogP contribution in [0.4, 0.5) is 0 Å². The van der Waals surface area contributed by atoms with Gasteiger partial charge in [0.05, 0.1) is 6.04 Å². The molecule has 0 unspecified atom stereocenters. The van der Waals surface area contributed by atoms with Crippen LogP contribution in [0.3, 0.4) is 0 Å². The number of aromatic nitrogens is 1. The lowest BCUT2D eigenvalue weighted by atomic mass is 9.90. The third kappa shape index (κ3) is 3.94. The van der Waals surface area contributed by atoms with Gasteiger partial charge in [0.2, 0.25) is 0 Å². The molecule has 1 aliphatic heterocycles. The van der Waals surface area contributed by atoms with E-state index in [1.54, 1.807) is 26.0 Å². The Bertz CT molecular complexity index is 1410. The van der Waals surface area contributed by atoms with Gasteiger partial charge in [-0.25, -0.2) is 0 Å². The number of nitrogens with one attached hydrogen (secondary N) is 1. The van der Waals surface area contributed by atoms with E-state index >= 15 is 0 Å². The maximum absolute atomic E-state index is 13.7. The first kappa shape index (κ1) is 21.1. The van der Waals surface area contributed by atoms with E-state index < -0.39 is 5.60 Å². The molecule has 33 heavy (non-hydrogen) atoms. The summed E-state index contributed by atoms with van der Waals surface area (Å²) < 4.78 is 5.77. The number of rotatable bonds is 2. The first-order valence-corrected chi connectivity index (χ1v) is 11.1. The van der Waals surface area contributed by atoms with Gasteiger partial charge in [0.1, 0.15) is 5.60 Å². The van der Waals surface area contributed by atoms with E-state index in [1.807, 2.05) is 23.1 Å². The highest BCUT2D eigenvalue weighted by Gasteiger charge is 2.36. The Labute approximate surface area is 193 Å². The molecular formula is C28H26N2O3. The van der Waals surface area contributed by atoms with Crippen molar-refractivity contribution < 1.29 is 14.3 Å². The van der Waals surface area contributed by atoms with E-state index in [0.29, 0.717) is 12.3 Å². The highest BCUT2D eigenvalue weighted by atomic mass is 16.4. The summed E-state index contributed by atoms with van der Waals surface area (Å²) in [6.45, 7) is 5.87. The van der Waals surface area contributed by atoms with Gasteiger partial charge in [-0.15, -0.1) is 0 Å². The minimum Gasteiger partial charge on any atom is -0.443 e. The maximum atomic E-state index is 13.7. The Kier molecular flexibility index (Phi) is 5.11. The predicted molar refractivity (Wildman–Crippen MR) is 128 cm³/mol. The molecule has 5 rings (SSSR count). The van der Waals surface area contributed by atoms with E-state index in [0.717, 1.165) is 28.8 Å². The van der Waals surface area contributed by atoms with Crippen LogP contribution in [-0.2, 0) is 6.42 Å². The molecule has 2 aromatic carbocycles.